The summed E-state index contributed by atoms with van der Waals surface area (Å²) in [5.74, 6) is -4.25. The molecule has 0 spiro atoms. The number of nitrogens with zero attached hydrogens (tertiary/aromatic N) is 1. The van der Waals surface area contributed by atoms with E-state index in [1.165, 1.54) is 11.9 Å². The molecule has 0 bridgehead atoms. The van der Waals surface area contributed by atoms with Gasteiger partial charge in [-0.25, -0.2) is 0 Å². The van der Waals surface area contributed by atoms with Gasteiger partial charge in [0.05, 0.1) is 0 Å². The van der Waals surface area contributed by atoms with Gasteiger partial charge in [0, 0.05) is 18.1 Å². The van der Waals surface area contributed by atoms with Gasteiger partial charge in [0.25, 0.3) is 0 Å². The molecule has 1 atom stereocenters. The van der Waals surface area contributed by atoms with Crippen molar-refractivity contribution in [3.05, 3.63) is 34.9 Å². The molecule has 0 aliphatic carbocycles. The van der Waals surface area contributed by atoms with Crippen LogP contribution in [0.3, 0.4) is 0 Å². The van der Waals surface area contributed by atoms with Gasteiger partial charge < -0.3 is 10.0 Å². The first-order valence-corrected chi connectivity index (χ1v) is 5.80. The second-order valence-electron chi connectivity index (χ2n) is 4.26. The molecule has 1 unspecified atom stereocenters. The Hall–Kier alpha value is -1.27. The van der Waals surface area contributed by atoms with Crippen molar-refractivity contribution in [2.24, 2.45) is 5.92 Å². The second kappa shape index (κ2) is 6.25. The Morgan fingerprint density at radius 1 is 1.37 bits per heavy atom. The smallest absolute Gasteiger partial charge is 0.403 e. The molecule has 0 aliphatic rings. The minimum atomic E-state index is -4.75. The lowest BCUT2D eigenvalue weighted by molar-refractivity contribution is -0.196. The third kappa shape index (κ3) is 5.08. The summed E-state index contributed by atoms with van der Waals surface area (Å²) >= 11 is 5.69. The number of rotatable bonds is 5. The van der Waals surface area contributed by atoms with Gasteiger partial charge in [-0.05, 0) is 24.7 Å². The van der Waals surface area contributed by atoms with Crippen LogP contribution in [0.2, 0.25) is 5.02 Å². The Morgan fingerprint density at radius 2 is 1.89 bits per heavy atom. The molecule has 0 fully saturated rings. The highest BCUT2D eigenvalue weighted by Crippen LogP contribution is 2.27. The van der Waals surface area contributed by atoms with Crippen LogP contribution in [0.1, 0.15) is 5.56 Å². The molecule has 1 rings (SSSR count). The topological polar surface area (TPSA) is 40.5 Å². The summed E-state index contributed by atoms with van der Waals surface area (Å²) in [6.45, 7) is -0.376. The molecular weight excluding hydrogens is 283 g/mol. The quantitative estimate of drug-likeness (QED) is 0.908. The molecule has 7 heteroatoms. The summed E-state index contributed by atoms with van der Waals surface area (Å²) in [5, 5.41) is 9.13. The summed E-state index contributed by atoms with van der Waals surface area (Å²) < 4.78 is 37.5. The summed E-state index contributed by atoms with van der Waals surface area (Å²) in [6, 6.07) is 6.62. The van der Waals surface area contributed by atoms with Crippen LogP contribution in [0.5, 0.6) is 0 Å². The summed E-state index contributed by atoms with van der Waals surface area (Å²) in [4.78, 5) is 11.9. The summed E-state index contributed by atoms with van der Waals surface area (Å²) in [7, 11) is 1.44. The predicted molar refractivity (Wildman–Crippen MR) is 65.0 cm³/mol. The zero-order valence-corrected chi connectivity index (χ0v) is 10.9. The summed E-state index contributed by atoms with van der Waals surface area (Å²) in [6.07, 6.45) is -4.75. The van der Waals surface area contributed by atoms with Crippen LogP contribution < -0.4 is 0 Å². The molecule has 0 saturated heterocycles. The number of benzene rings is 1. The third-order valence-corrected chi connectivity index (χ3v) is 2.81. The highest BCUT2D eigenvalue weighted by molar-refractivity contribution is 6.30. The lowest BCUT2D eigenvalue weighted by Gasteiger charge is -2.23. The zero-order chi connectivity index (χ0) is 14.6. The third-order valence-electron chi connectivity index (χ3n) is 2.55. The highest BCUT2D eigenvalue weighted by Gasteiger charge is 2.45. The number of aliphatic carboxylic acids is 1. The Balaban J connectivity index is 2.65. The van der Waals surface area contributed by atoms with Gasteiger partial charge in [0.1, 0.15) is 0 Å². The van der Waals surface area contributed by atoms with Crippen molar-refractivity contribution in [1.82, 2.24) is 4.90 Å². The molecule has 0 heterocycles. The van der Waals surface area contributed by atoms with E-state index in [4.69, 9.17) is 16.7 Å². The molecule has 0 saturated carbocycles. The van der Waals surface area contributed by atoms with Crippen molar-refractivity contribution in [3.8, 4) is 0 Å². The molecule has 0 aromatic heterocycles. The molecule has 1 aromatic rings. The molecule has 0 aliphatic heterocycles. The first kappa shape index (κ1) is 15.8. The van der Waals surface area contributed by atoms with Gasteiger partial charge in [0.2, 0.25) is 0 Å². The Bertz CT molecular complexity index is 434. The summed E-state index contributed by atoms with van der Waals surface area (Å²) in [5.41, 5.74) is 0.762. The lowest BCUT2D eigenvalue weighted by Crippen LogP contribution is -2.39. The Labute approximate surface area is 113 Å². The number of hydrogen-bond donors (Lipinski definition) is 1. The highest BCUT2D eigenvalue weighted by atomic mass is 35.5. The SMILES string of the molecule is CN(Cc1ccc(Cl)cc1)CC(C(=O)O)C(F)(F)F. The van der Waals surface area contributed by atoms with Crippen molar-refractivity contribution in [2.45, 2.75) is 12.7 Å². The zero-order valence-electron chi connectivity index (χ0n) is 10.1. The average molecular weight is 296 g/mol. The van der Waals surface area contributed by atoms with Crippen LogP contribution >= 0.6 is 11.6 Å². The van der Waals surface area contributed by atoms with Crippen LogP contribution in [-0.2, 0) is 11.3 Å². The fourth-order valence-corrected chi connectivity index (χ4v) is 1.73. The fraction of sp³-hybridized carbons (Fsp3) is 0.417. The molecule has 0 radical (unpaired) electrons. The van der Waals surface area contributed by atoms with E-state index >= 15 is 0 Å². The van der Waals surface area contributed by atoms with Gasteiger partial charge >= 0.3 is 12.1 Å². The van der Waals surface area contributed by atoms with Gasteiger partial charge in [-0.3, -0.25) is 4.79 Å². The van der Waals surface area contributed by atoms with Crippen LogP contribution in [0.25, 0.3) is 0 Å². The fourth-order valence-electron chi connectivity index (χ4n) is 1.60. The largest absolute Gasteiger partial charge is 0.481 e. The number of carboxylic acids is 1. The van der Waals surface area contributed by atoms with Gasteiger partial charge in [-0.1, -0.05) is 23.7 Å². The van der Waals surface area contributed by atoms with E-state index < -0.39 is 24.6 Å². The number of carbonyl (C=O) groups is 1. The normalized spacial score (nSPS) is 13.6. The van der Waals surface area contributed by atoms with Crippen molar-refractivity contribution in [2.75, 3.05) is 13.6 Å². The van der Waals surface area contributed by atoms with Crippen molar-refractivity contribution in [3.63, 3.8) is 0 Å². The molecule has 3 nitrogen and oxygen atoms in total. The molecule has 106 valence electrons. The van der Waals surface area contributed by atoms with Crippen molar-refractivity contribution >= 4 is 17.6 Å². The monoisotopic (exact) mass is 295 g/mol. The van der Waals surface area contributed by atoms with E-state index in [0.717, 1.165) is 5.56 Å². The number of carboxylic acid groups (broad SMARTS) is 1. The lowest BCUT2D eigenvalue weighted by atomic mass is 10.1. The number of hydrogen-bond acceptors (Lipinski definition) is 2. The maximum atomic E-state index is 12.5. The Kier molecular flexibility index (Phi) is 5.20. The van der Waals surface area contributed by atoms with Gasteiger partial charge in [-0.15, -0.1) is 0 Å². The Morgan fingerprint density at radius 3 is 2.32 bits per heavy atom. The standard InChI is InChI=1S/C12H13ClF3NO2/c1-17(6-8-2-4-9(13)5-3-8)7-10(11(18)19)12(14,15)16/h2-5,10H,6-7H2,1H3,(H,18,19). The first-order chi connectivity index (χ1) is 8.70. The van der Waals surface area contributed by atoms with Gasteiger partial charge in [-0.2, -0.15) is 13.2 Å². The van der Waals surface area contributed by atoms with E-state index in [-0.39, 0.29) is 6.54 Å². The van der Waals surface area contributed by atoms with E-state index in [0.29, 0.717) is 5.02 Å². The molecule has 0 amide bonds. The molecular formula is C12H13ClF3NO2. The second-order valence-corrected chi connectivity index (χ2v) is 4.69. The van der Waals surface area contributed by atoms with E-state index in [1.807, 2.05) is 0 Å². The van der Waals surface area contributed by atoms with Crippen LogP contribution in [0, 0.1) is 5.92 Å². The molecule has 1 N–H and O–H groups in total. The van der Waals surface area contributed by atoms with E-state index in [1.54, 1.807) is 24.3 Å². The van der Waals surface area contributed by atoms with E-state index in [2.05, 4.69) is 0 Å². The van der Waals surface area contributed by atoms with Crippen LogP contribution in [0.4, 0.5) is 13.2 Å². The number of alkyl halides is 3. The molecule has 1 aromatic carbocycles. The molecule has 19 heavy (non-hydrogen) atoms. The minimum Gasteiger partial charge on any atom is -0.481 e. The van der Waals surface area contributed by atoms with Crippen molar-refractivity contribution < 1.29 is 23.1 Å². The maximum absolute atomic E-state index is 12.5. The van der Waals surface area contributed by atoms with E-state index in [9.17, 15) is 18.0 Å². The number of halogens is 4. The first-order valence-electron chi connectivity index (χ1n) is 5.42. The van der Waals surface area contributed by atoms with Crippen LogP contribution in [-0.4, -0.2) is 35.7 Å². The average Bonchev–Trinajstić information content (AvgIpc) is 2.27. The minimum absolute atomic E-state index is 0.219. The maximum Gasteiger partial charge on any atom is 0.403 e. The predicted octanol–water partition coefficient (Wildman–Crippen LogP) is 3.03. The van der Waals surface area contributed by atoms with Crippen molar-refractivity contribution in [1.29, 1.82) is 0 Å². The van der Waals surface area contributed by atoms with Crippen LogP contribution in [0.15, 0.2) is 24.3 Å². The van der Waals surface area contributed by atoms with Gasteiger partial charge in [0.15, 0.2) is 5.92 Å².